The van der Waals surface area contributed by atoms with Gasteiger partial charge in [0.1, 0.15) is 0 Å². The second kappa shape index (κ2) is 7.93. The van der Waals surface area contributed by atoms with Gasteiger partial charge in [-0.2, -0.15) is 0 Å². The zero-order chi connectivity index (χ0) is 13.5. The van der Waals surface area contributed by atoms with Gasteiger partial charge in [-0.15, -0.1) is 11.8 Å². The Balaban J connectivity index is 1.75. The molecule has 0 saturated carbocycles. The van der Waals surface area contributed by atoms with E-state index < -0.39 is 0 Å². The molecule has 2 rings (SSSR count). The first-order valence-corrected chi connectivity index (χ1v) is 8.38. The number of nitrogens with one attached hydrogen (secondary N) is 1. The zero-order valence-electron chi connectivity index (χ0n) is 12.1. The quantitative estimate of drug-likeness (QED) is 0.833. The van der Waals surface area contributed by atoms with Crippen LogP contribution >= 0.6 is 11.8 Å². The van der Waals surface area contributed by atoms with Gasteiger partial charge in [0.15, 0.2) is 0 Å². The Morgan fingerprint density at radius 1 is 1.32 bits per heavy atom. The molecule has 0 aliphatic carbocycles. The fraction of sp³-hybridized carbons (Fsp3) is 0.625. The van der Waals surface area contributed by atoms with E-state index in [1.54, 1.807) is 0 Å². The smallest absolute Gasteiger partial charge is 0.0217 e. The normalized spacial score (nSPS) is 21.5. The Morgan fingerprint density at radius 3 is 2.84 bits per heavy atom. The molecule has 3 heteroatoms. The van der Waals surface area contributed by atoms with E-state index in [1.165, 1.54) is 43.2 Å². The molecule has 1 fully saturated rings. The summed E-state index contributed by atoms with van der Waals surface area (Å²) in [6.07, 6.45) is 1.28. The molecule has 0 bridgehead atoms. The molecule has 1 aromatic carbocycles. The van der Waals surface area contributed by atoms with Crippen LogP contribution in [0.25, 0.3) is 0 Å². The van der Waals surface area contributed by atoms with Gasteiger partial charge in [0.25, 0.3) is 0 Å². The fourth-order valence-electron chi connectivity index (χ4n) is 2.48. The van der Waals surface area contributed by atoms with Gasteiger partial charge >= 0.3 is 0 Å². The Hall–Kier alpha value is -0.510. The van der Waals surface area contributed by atoms with Gasteiger partial charge in [-0.3, -0.25) is 0 Å². The van der Waals surface area contributed by atoms with E-state index in [2.05, 4.69) is 54.4 Å². The van der Waals surface area contributed by atoms with Crippen molar-refractivity contribution in [2.45, 2.75) is 31.2 Å². The average Bonchev–Trinajstić information content (AvgIpc) is 2.66. The standard InChI is InChI=1S/C16H26N2S/c1-14(2)16-13-18(10-6-9-17-16)11-12-19-15-7-4-3-5-8-15/h3-5,7-8,14,16-17H,6,9-13H2,1-2H3. The third kappa shape index (κ3) is 5.17. The highest BCUT2D eigenvalue weighted by Gasteiger charge is 2.19. The summed E-state index contributed by atoms with van der Waals surface area (Å²) in [6, 6.07) is 11.4. The highest BCUT2D eigenvalue weighted by atomic mass is 32.2. The number of nitrogens with zero attached hydrogens (tertiary/aromatic N) is 1. The molecule has 1 N–H and O–H groups in total. The van der Waals surface area contributed by atoms with Crippen LogP contribution in [0.5, 0.6) is 0 Å². The number of hydrogen-bond acceptors (Lipinski definition) is 3. The van der Waals surface area contributed by atoms with E-state index in [4.69, 9.17) is 0 Å². The van der Waals surface area contributed by atoms with Crippen molar-refractivity contribution in [2.24, 2.45) is 5.92 Å². The van der Waals surface area contributed by atoms with Gasteiger partial charge in [0, 0.05) is 29.8 Å². The summed E-state index contributed by atoms with van der Waals surface area (Å²) >= 11 is 1.97. The molecule has 0 aromatic heterocycles. The molecule has 0 spiro atoms. The third-order valence-electron chi connectivity index (χ3n) is 3.74. The SMILES string of the molecule is CC(C)C1CN(CCSc2ccccc2)CCCN1. The van der Waals surface area contributed by atoms with Crippen molar-refractivity contribution in [2.75, 3.05) is 31.9 Å². The van der Waals surface area contributed by atoms with Crippen LogP contribution in [-0.4, -0.2) is 42.9 Å². The lowest BCUT2D eigenvalue weighted by Crippen LogP contribution is -2.41. The van der Waals surface area contributed by atoms with Crippen LogP contribution in [0.2, 0.25) is 0 Å². The van der Waals surface area contributed by atoms with Crippen LogP contribution in [0.1, 0.15) is 20.3 Å². The largest absolute Gasteiger partial charge is 0.312 e. The molecule has 1 saturated heterocycles. The van der Waals surface area contributed by atoms with Crippen LogP contribution in [0.4, 0.5) is 0 Å². The molecule has 19 heavy (non-hydrogen) atoms. The lowest BCUT2D eigenvalue weighted by atomic mass is 10.0. The van der Waals surface area contributed by atoms with Gasteiger partial charge in [0.2, 0.25) is 0 Å². The third-order valence-corrected chi connectivity index (χ3v) is 4.73. The van der Waals surface area contributed by atoms with Gasteiger partial charge < -0.3 is 10.2 Å². The highest BCUT2D eigenvalue weighted by molar-refractivity contribution is 7.99. The van der Waals surface area contributed by atoms with Gasteiger partial charge in [-0.25, -0.2) is 0 Å². The van der Waals surface area contributed by atoms with Crippen LogP contribution in [-0.2, 0) is 0 Å². The maximum atomic E-state index is 3.67. The van der Waals surface area contributed by atoms with E-state index in [1.807, 2.05) is 11.8 Å². The van der Waals surface area contributed by atoms with E-state index in [0.29, 0.717) is 6.04 Å². The maximum absolute atomic E-state index is 3.67. The molecular formula is C16H26N2S. The Morgan fingerprint density at radius 2 is 2.11 bits per heavy atom. The molecule has 1 aromatic rings. The molecule has 1 aliphatic rings. The second-order valence-corrected chi connectivity index (χ2v) is 6.79. The van der Waals surface area contributed by atoms with E-state index in [-0.39, 0.29) is 0 Å². The highest BCUT2D eigenvalue weighted by Crippen LogP contribution is 2.17. The molecule has 1 unspecified atom stereocenters. The van der Waals surface area contributed by atoms with Gasteiger partial charge in [-0.05, 0) is 37.6 Å². The molecule has 1 atom stereocenters. The predicted octanol–water partition coefficient (Wildman–Crippen LogP) is 3.10. The van der Waals surface area contributed by atoms with Crippen molar-refractivity contribution in [3.8, 4) is 0 Å². The van der Waals surface area contributed by atoms with E-state index in [0.717, 1.165) is 5.92 Å². The summed E-state index contributed by atoms with van der Waals surface area (Å²) in [7, 11) is 0. The number of benzene rings is 1. The number of thioether (sulfide) groups is 1. The van der Waals surface area contributed by atoms with Crippen LogP contribution in [0, 0.1) is 5.92 Å². The summed E-state index contributed by atoms with van der Waals surface area (Å²) in [4.78, 5) is 4.01. The molecule has 0 amide bonds. The zero-order valence-corrected chi connectivity index (χ0v) is 13.0. The van der Waals surface area contributed by atoms with Crippen molar-refractivity contribution in [3.63, 3.8) is 0 Å². The summed E-state index contributed by atoms with van der Waals surface area (Å²) < 4.78 is 0. The molecule has 2 nitrogen and oxygen atoms in total. The minimum Gasteiger partial charge on any atom is -0.312 e. The molecule has 1 aliphatic heterocycles. The number of hydrogen-bond donors (Lipinski definition) is 1. The van der Waals surface area contributed by atoms with E-state index in [9.17, 15) is 0 Å². The first-order valence-electron chi connectivity index (χ1n) is 7.39. The van der Waals surface area contributed by atoms with Crippen molar-refractivity contribution < 1.29 is 0 Å². The fourth-order valence-corrected chi connectivity index (χ4v) is 3.42. The number of rotatable bonds is 5. The molecular weight excluding hydrogens is 252 g/mol. The Bertz CT molecular complexity index is 353. The van der Waals surface area contributed by atoms with Crippen molar-refractivity contribution in [1.82, 2.24) is 10.2 Å². The average molecular weight is 278 g/mol. The topological polar surface area (TPSA) is 15.3 Å². The van der Waals surface area contributed by atoms with Crippen molar-refractivity contribution in [3.05, 3.63) is 30.3 Å². The first kappa shape index (κ1) is 14.9. The predicted molar refractivity (Wildman–Crippen MR) is 84.9 cm³/mol. The molecule has 0 radical (unpaired) electrons. The van der Waals surface area contributed by atoms with Crippen LogP contribution in [0.15, 0.2) is 35.2 Å². The first-order chi connectivity index (χ1) is 9.25. The van der Waals surface area contributed by atoms with Crippen LogP contribution in [0.3, 0.4) is 0 Å². The minimum atomic E-state index is 0.657. The second-order valence-electron chi connectivity index (χ2n) is 5.62. The van der Waals surface area contributed by atoms with Gasteiger partial charge in [-0.1, -0.05) is 32.0 Å². The lowest BCUT2D eigenvalue weighted by Gasteiger charge is -2.26. The van der Waals surface area contributed by atoms with Gasteiger partial charge in [0.05, 0.1) is 0 Å². The lowest BCUT2D eigenvalue weighted by molar-refractivity contribution is 0.258. The van der Waals surface area contributed by atoms with Crippen molar-refractivity contribution in [1.29, 1.82) is 0 Å². The van der Waals surface area contributed by atoms with Crippen molar-refractivity contribution >= 4 is 11.8 Å². The van der Waals surface area contributed by atoms with Crippen LogP contribution < -0.4 is 5.32 Å². The Labute approximate surface area is 122 Å². The summed E-state index contributed by atoms with van der Waals surface area (Å²) in [5.41, 5.74) is 0. The van der Waals surface area contributed by atoms with E-state index >= 15 is 0 Å². The summed E-state index contributed by atoms with van der Waals surface area (Å²) in [5.74, 6) is 1.91. The maximum Gasteiger partial charge on any atom is 0.0217 e. The summed E-state index contributed by atoms with van der Waals surface area (Å²) in [6.45, 7) is 9.45. The molecule has 106 valence electrons. The monoisotopic (exact) mass is 278 g/mol. The summed E-state index contributed by atoms with van der Waals surface area (Å²) in [5, 5.41) is 3.67. The Kier molecular flexibility index (Phi) is 6.21. The molecule has 1 heterocycles. The minimum absolute atomic E-state index is 0.657.